The molecule has 0 amide bonds. The van der Waals surface area contributed by atoms with Crippen molar-refractivity contribution in [3.8, 4) is 11.6 Å². The lowest BCUT2D eigenvalue weighted by atomic mass is 10.1. The number of hydrogen-bond donors (Lipinski definition) is 0. The molecule has 35 heavy (non-hydrogen) atoms. The van der Waals surface area contributed by atoms with Crippen LogP contribution in [0.4, 0.5) is 6.01 Å². The van der Waals surface area contributed by atoms with E-state index in [-0.39, 0.29) is 18.5 Å². The van der Waals surface area contributed by atoms with E-state index in [0.29, 0.717) is 12.6 Å². The average molecular weight is 476 g/mol. The Kier molecular flexibility index (Phi) is 6.65. The third-order valence-corrected chi connectivity index (χ3v) is 6.16. The maximum absolute atomic E-state index is 11.8. The number of aryl methyl sites for hydroxylation is 1. The molecule has 0 aliphatic carbocycles. The number of carbonyl (C=O) groups is 1. The fraction of sp³-hybridized carbons (Fsp3) is 0.385. The third kappa shape index (κ3) is 5.13. The second-order valence-electron chi connectivity index (χ2n) is 8.56. The molecule has 4 heterocycles. The molecule has 0 saturated carbocycles. The molecule has 1 aliphatic rings. The summed E-state index contributed by atoms with van der Waals surface area (Å²) in [7, 11) is 0. The minimum absolute atomic E-state index is 0.123. The van der Waals surface area contributed by atoms with Crippen LogP contribution in [0.15, 0.2) is 53.3 Å². The zero-order chi connectivity index (χ0) is 24.2. The summed E-state index contributed by atoms with van der Waals surface area (Å²) in [6.45, 7) is 5.84. The van der Waals surface area contributed by atoms with E-state index >= 15 is 0 Å². The van der Waals surface area contributed by atoms with Crippen LogP contribution in [0, 0.1) is 0 Å². The van der Waals surface area contributed by atoms with Gasteiger partial charge in [0.1, 0.15) is 17.7 Å². The summed E-state index contributed by atoms with van der Waals surface area (Å²) in [5.41, 5.74) is 1.96. The first-order chi connectivity index (χ1) is 17.1. The van der Waals surface area contributed by atoms with Crippen LogP contribution in [0.1, 0.15) is 38.1 Å². The average Bonchev–Trinajstić information content (AvgIpc) is 3.52. The molecular formula is C26H29N5O4. The second kappa shape index (κ2) is 10.2. The summed E-state index contributed by atoms with van der Waals surface area (Å²) < 4.78 is 18.6. The van der Waals surface area contributed by atoms with Gasteiger partial charge >= 0.3 is 12.0 Å². The van der Waals surface area contributed by atoms with Gasteiger partial charge in [0, 0.05) is 43.9 Å². The first kappa shape index (κ1) is 22.9. The summed E-state index contributed by atoms with van der Waals surface area (Å²) >= 11 is 0. The quantitative estimate of drug-likeness (QED) is 0.351. The van der Waals surface area contributed by atoms with Crippen molar-refractivity contribution in [2.75, 3.05) is 24.6 Å². The number of pyridine rings is 1. The first-order valence-electron chi connectivity index (χ1n) is 12.1. The number of rotatable bonds is 8. The monoisotopic (exact) mass is 475 g/mol. The van der Waals surface area contributed by atoms with Crippen molar-refractivity contribution in [1.29, 1.82) is 0 Å². The Balaban J connectivity index is 1.20. The molecule has 0 N–H and O–H groups in total. The molecule has 1 fully saturated rings. The molecule has 0 spiro atoms. The van der Waals surface area contributed by atoms with Crippen molar-refractivity contribution < 1.29 is 18.8 Å². The van der Waals surface area contributed by atoms with Crippen LogP contribution in [0.5, 0.6) is 5.75 Å². The van der Waals surface area contributed by atoms with Crippen LogP contribution < -0.4 is 9.64 Å². The molecule has 9 heteroatoms. The minimum Gasteiger partial charge on any atom is -0.489 e. The van der Waals surface area contributed by atoms with Gasteiger partial charge in [-0.25, -0.2) is 4.98 Å². The van der Waals surface area contributed by atoms with Gasteiger partial charge in [0.2, 0.25) is 0 Å². The standard InChI is InChI=1S/C26H29N5O4/c1-3-23-28-26(35-29-23)30-12-10-20(11-13-30)34-21-6-8-24(27-17-21)31-14-9-19-15-18(5-7-22(19)31)16-25(32)33-4-2/h5-9,14-15,17,20H,3-4,10-13,16H2,1-2H3. The molecule has 0 atom stereocenters. The van der Waals surface area contributed by atoms with Crippen molar-refractivity contribution in [1.82, 2.24) is 19.7 Å². The smallest absolute Gasteiger partial charge is 0.324 e. The topological polar surface area (TPSA) is 95.5 Å². The number of carbonyl (C=O) groups excluding carboxylic acids is 1. The predicted molar refractivity (Wildman–Crippen MR) is 131 cm³/mol. The van der Waals surface area contributed by atoms with E-state index < -0.39 is 0 Å². The molecule has 3 aromatic heterocycles. The molecule has 0 unspecified atom stereocenters. The normalized spacial score (nSPS) is 14.4. The van der Waals surface area contributed by atoms with Gasteiger partial charge < -0.3 is 23.5 Å². The molecule has 1 aromatic carbocycles. The van der Waals surface area contributed by atoms with Gasteiger partial charge in [-0.1, -0.05) is 18.1 Å². The maximum Gasteiger partial charge on any atom is 0.324 e. The van der Waals surface area contributed by atoms with Gasteiger partial charge in [-0.3, -0.25) is 4.79 Å². The highest BCUT2D eigenvalue weighted by Gasteiger charge is 2.24. The van der Waals surface area contributed by atoms with Crippen molar-refractivity contribution in [2.24, 2.45) is 0 Å². The number of anilines is 1. The van der Waals surface area contributed by atoms with Gasteiger partial charge in [-0.15, -0.1) is 0 Å². The Labute approximate surface area is 203 Å². The lowest BCUT2D eigenvalue weighted by molar-refractivity contribution is -0.142. The Morgan fingerprint density at radius 3 is 2.71 bits per heavy atom. The molecule has 9 nitrogen and oxygen atoms in total. The van der Waals surface area contributed by atoms with E-state index in [1.54, 1.807) is 6.20 Å². The summed E-state index contributed by atoms with van der Waals surface area (Å²) in [4.78, 5) is 22.9. The second-order valence-corrected chi connectivity index (χ2v) is 8.56. The van der Waals surface area contributed by atoms with Crippen LogP contribution in [0.2, 0.25) is 0 Å². The van der Waals surface area contributed by atoms with Gasteiger partial charge in [0.15, 0.2) is 5.82 Å². The van der Waals surface area contributed by atoms with Crippen LogP contribution >= 0.6 is 0 Å². The van der Waals surface area contributed by atoms with Crippen LogP contribution in [0.3, 0.4) is 0 Å². The number of esters is 1. The largest absolute Gasteiger partial charge is 0.489 e. The molecule has 1 aliphatic heterocycles. The Morgan fingerprint density at radius 1 is 1.14 bits per heavy atom. The van der Waals surface area contributed by atoms with Gasteiger partial charge in [0.25, 0.3) is 0 Å². The molecule has 5 rings (SSSR count). The van der Waals surface area contributed by atoms with Crippen LogP contribution in [0.25, 0.3) is 16.7 Å². The Hall–Kier alpha value is -3.88. The molecule has 0 bridgehead atoms. The van der Waals surface area contributed by atoms with Crippen molar-refractivity contribution in [3.63, 3.8) is 0 Å². The number of nitrogens with zero attached hydrogens (tertiary/aromatic N) is 5. The van der Waals surface area contributed by atoms with E-state index in [9.17, 15) is 4.79 Å². The Morgan fingerprint density at radius 2 is 2.00 bits per heavy atom. The highest BCUT2D eigenvalue weighted by molar-refractivity contribution is 5.84. The van der Waals surface area contributed by atoms with Crippen LogP contribution in [-0.2, 0) is 22.4 Å². The third-order valence-electron chi connectivity index (χ3n) is 6.16. The SMILES string of the molecule is CCOC(=O)Cc1ccc2c(ccn2-c2ccc(OC3CCN(c4nc(CC)no4)CC3)cn2)c1. The van der Waals surface area contributed by atoms with Gasteiger partial charge in [-0.2, -0.15) is 4.98 Å². The first-order valence-corrected chi connectivity index (χ1v) is 12.1. The van der Waals surface area contributed by atoms with Gasteiger partial charge in [-0.05, 0) is 42.8 Å². The van der Waals surface area contributed by atoms with Crippen molar-refractivity contribution >= 4 is 22.9 Å². The lowest BCUT2D eigenvalue weighted by Gasteiger charge is -2.30. The molecule has 0 radical (unpaired) electrons. The molecule has 182 valence electrons. The fourth-order valence-electron chi connectivity index (χ4n) is 4.34. The number of benzene rings is 1. The summed E-state index contributed by atoms with van der Waals surface area (Å²) in [6.07, 6.45) is 6.67. The zero-order valence-electron chi connectivity index (χ0n) is 20.0. The fourth-order valence-corrected chi connectivity index (χ4v) is 4.34. The summed E-state index contributed by atoms with van der Waals surface area (Å²) in [6, 6.07) is 12.5. The van der Waals surface area contributed by atoms with Crippen molar-refractivity contribution in [2.45, 2.75) is 45.6 Å². The number of fused-ring (bicyclic) bond motifs is 1. The van der Waals surface area contributed by atoms with Crippen LogP contribution in [-0.4, -0.2) is 51.5 Å². The lowest BCUT2D eigenvalue weighted by Crippen LogP contribution is -2.38. The maximum atomic E-state index is 11.8. The van der Waals surface area contributed by atoms with E-state index in [1.807, 2.05) is 61.0 Å². The zero-order valence-corrected chi connectivity index (χ0v) is 20.0. The van der Waals surface area contributed by atoms with Crippen molar-refractivity contribution in [3.05, 3.63) is 60.2 Å². The Bertz CT molecular complexity index is 1290. The highest BCUT2D eigenvalue weighted by atomic mass is 16.5. The minimum atomic E-state index is -0.213. The van der Waals surface area contributed by atoms with E-state index in [0.717, 1.165) is 66.2 Å². The van der Waals surface area contributed by atoms with E-state index in [1.165, 1.54) is 0 Å². The predicted octanol–water partition coefficient (Wildman–Crippen LogP) is 4.12. The summed E-state index contributed by atoms with van der Waals surface area (Å²) in [5.74, 6) is 2.08. The molecule has 1 saturated heterocycles. The number of hydrogen-bond acceptors (Lipinski definition) is 8. The summed E-state index contributed by atoms with van der Waals surface area (Å²) in [5, 5.41) is 5.03. The van der Waals surface area contributed by atoms with E-state index in [2.05, 4.69) is 20.0 Å². The molecular weight excluding hydrogens is 446 g/mol. The number of aromatic nitrogens is 4. The van der Waals surface area contributed by atoms with E-state index in [4.69, 9.17) is 14.0 Å². The number of ether oxygens (including phenoxy) is 2. The highest BCUT2D eigenvalue weighted by Crippen LogP contribution is 2.25. The van der Waals surface area contributed by atoms with Gasteiger partial charge in [0.05, 0.1) is 24.7 Å². The molecule has 4 aromatic rings. The number of piperidine rings is 1.